The van der Waals surface area contributed by atoms with Gasteiger partial charge in [0.05, 0.1) is 10.8 Å². The highest BCUT2D eigenvalue weighted by atomic mass is 35.5. The van der Waals surface area contributed by atoms with Crippen LogP contribution in [-0.2, 0) is 4.79 Å². The molecule has 3 N–H and O–H groups in total. The lowest BCUT2D eigenvalue weighted by molar-refractivity contribution is -0.113. The predicted molar refractivity (Wildman–Crippen MR) is 116 cm³/mol. The van der Waals surface area contributed by atoms with Crippen LogP contribution in [0.25, 0.3) is 11.4 Å². The van der Waals surface area contributed by atoms with Crippen molar-refractivity contribution >= 4 is 46.6 Å². The number of carbonyl (C=O) groups excluding carboxylic acids is 1. The van der Waals surface area contributed by atoms with Gasteiger partial charge in [0.2, 0.25) is 11.1 Å². The predicted octanol–water partition coefficient (Wildman–Crippen LogP) is 4.82. The standard InChI is InChI=1S/C19H19Cl2N5OS/c1-11(2)12-4-3-5-14(8-12)23-17(27)10-28-19-25-24-18(26(19)22)15-7-6-13(20)9-16(15)21/h3-9,11H,10,22H2,1-2H3,(H,23,27). The van der Waals surface area contributed by atoms with Gasteiger partial charge in [-0.2, -0.15) is 0 Å². The van der Waals surface area contributed by atoms with Gasteiger partial charge in [0, 0.05) is 16.3 Å². The van der Waals surface area contributed by atoms with E-state index in [2.05, 4.69) is 29.4 Å². The number of hydrogen-bond acceptors (Lipinski definition) is 5. The molecule has 0 aliphatic heterocycles. The summed E-state index contributed by atoms with van der Waals surface area (Å²) >= 11 is 13.3. The second-order valence-corrected chi connectivity index (χ2v) is 8.20. The molecule has 146 valence electrons. The van der Waals surface area contributed by atoms with Crippen molar-refractivity contribution in [2.45, 2.75) is 24.9 Å². The van der Waals surface area contributed by atoms with Gasteiger partial charge in [0.25, 0.3) is 0 Å². The Kier molecular flexibility index (Phi) is 6.49. The highest BCUT2D eigenvalue weighted by molar-refractivity contribution is 7.99. The van der Waals surface area contributed by atoms with Crippen molar-refractivity contribution in [1.29, 1.82) is 0 Å². The van der Waals surface area contributed by atoms with Crippen molar-refractivity contribution in [2.75, 3.05) is 16.9 Å². The fourth-order valence-corrected chi connectivity index (χ4v) is 3.68. The number of anilines is 1. The summed E-state index contributed by atoms with van der Waals surface area (Å²) in [6.45, 7) is 4.21. The van der Waals surface area contributed by atoms with Crippen LogP contribution in [0.2, 0.25) is 10.0 Å². The van der Waals surface area contributed by atoms with Gasteiger partial charge in [0.15, 0.2) is 5.82 Å². The van der Waals surface area contributed by atoms with Gasteiger partial charge in [-0.05, 0) is 41.8 Å². The molecule has 0 saturated heterocycles. The largest absolute Gasteiger partial charge is 0.335 e. The average molecular weight is 436 g/mol. The molecule has 0 atom stereocenters. The lowest BCUT2D eigenvalue weighted by Crippen LogP contribution is -2.16. The minimum atomic E-state index is -0.153. The summed E-state index contributed by atoms with van der Waals surface area (Å²) in [5.41, 5.74) is 2.54. The van der Waals surface area contributed by atoms with Crippen LogP contribution in [0.1, 0.15) is 25.3 Å². The molecule has 0 bridgehead atoms. The smallest absolute Gasteiger partial charge is 0.234 e. The molecular formula is C19H19Cl2N5OS. The molecule has 0 unspecified atom stereocenters. The SMILES string of the molecule is CC(C)c1cccc(NC(=O)CSc2nnc(-c3ccc(Cl)cc3Cl)n2N)c1. The average Bonchev–Trinajstić information content (AvgIpc) is 3.01. The summed E-state index contributed by atoms with van der Waals surface area (Å²) in [6.07, 6.45) is 0. The highest BCUT2D eigenvalue weighted by Gasteiger charge is 2.16. The first-order chi connectivity index (χ1) is 13.3. The number of amides is 1. The molecule has 9 heteroatoms. The van der Waals surface area contributed by atoms with E-state index < -0.39 is 0 Å². The van der Waals surface area contributed by atoms with E-state index in [1.54, 1.807) is 18.2 Å². The summed E-state index contributed by atoms with van der Waals surface area (Å²) in [4.78, 5) is 12.3. The maximum Gasteiger partial charge on any atom is 0.234 e. The summed E-state index contributed by atoms with van der Waals surface area (Å²) in [6, 6.07) is 12.8. The second kappa shape index (κ2) is 8.86. The fourth-order valence-electron chi connectivity index (χ4n) is 2.53. The topological polar surface area (TPSA) is 85.8 Å². The Balaban J connectivity index is 1.66. The second-order valence-electron chi connectivity index (χ2n) is 6.42. The highest BCUT2D eigenvalue weighted by Crippen LogP contribution is 2.30. The van der Waals surface area contributed by atoms with Crippen molar-refractivity contribution in [3.8, 4) is 11.4 Å². The number of hydrogen-bond donors (Lipinski definition) is 2. The van der Waals surface area contributed by atoms with Crippen LogP contribution in [0.3, 0.4) is 0 Å². The molecule has 0 fully saturated rings. The molecule has 1 amide bonds. The number of halogens is 2. The zero-order valence-electron chi connectivity index (χ0n) is 15.3. The monoisotopic (exact) mass is 435 g/mol. The van der Waals surface area contributed by atoms with Crippen LogP contribution in [0.4, 0.5) is 5.69 Å². The number of nitrogens with one attached hydrogen (secondary N) is 1. The third-order valence-electron chi connectivity index (χ3n) is 4.01. The molecule has 1 aromatic heterocycles. The van der Waals surface area contributed by atoms with Crippen molar-refractivity contribution in [2.24, 2.45) is 0 Å². The van der Waals surface area contributed by atoms with E-state index in [4.69, 9.17) is 29.0 Å². The number of aromatic nitrogens is 3. The Morgan fingerprint density at radius 2 is 2.00 bits per heavy atom. The number of nitrogen functional groups attached to an aromatic ring is 1. The van der Waals surface area contributed by atoms with Gasteiger partial charge in [0.1, 0.15) is 0 Å². The van der Waals surface area contributed by atoms with E-state index in [1.807, 2.05) is 24.3 Å². The number of nitrogens with zero attached hydrogens (tertiary/aromatic N) is 3. The van der Waals surface area contributed by atoms with Crippen LogP contribution in [0.5, 0.6) is 0 Å². The normalized spacial score (nSPS) is 11.0. The maximum absolute atomic E-state index is 12.3. The quantitative estimate of drug-likeness (QED) is 0.428. The van der Waals surface area contributed by atoms with Gasteiger partial charge in [-0.3, -0.25) is 4.79 Å². The van der Waals surface area contributed by atoms with Crippen molar-refractivity contribution in [3.63, 3.8) is 0 Å². The number of benzene rings is 2. The Labute approximate surface area is 177 Å². The summed E-state index contributed by atoms with van der Waals surface area (Å²) in [7, 11) is 0. The summed E-state index contributed by atoms with van der Waals surface area (Å²) in [5, 5.41) is 12.4. The van der Waals surface area contributed by atoms with Gasteiger partial charge in [-0.15, -0.1) is 10.2 Å². The third-order valence-corrected chi connectivity index (χ3v) is 5.50. The molecule has 6 nitrogen and oxygen atoms in total. The molecule has 0 radical (unpaired) electrons. The molecule has 0 aliphatic carbocycles. The molecular weight excluding hydrogens is 417 g/mol. The van der Waals surface area contributed by atoms with Crippen molar-refractivity contribution < 1.29 is 4.79 Å². The first-order valence-electron chi connectivity index (χ1n) is 8.53. The molecule has 3 rings (SSSR count). The number of nitrogens with two attached hydrogens (primary N) is 1. The van der Waals surface area contributed by atoms with E-state index >= 15 is 0 Å². The van der Waals surface area contributed by atoms with E-state index in [-0.39, 0.29) is 11.7 Å². The lowest BCUT2D eigenvalue weighted by Gasteiger charge is -2.09. The zero-order chi connectivity index (χ0) is 20.3. The molecule has 0 aliphatic rings. The first-order valence-corrected chi connectivity index (χ1v) is 10.3. The molecule has 3 aromatic rings. The molecule has 2 aromatic carbocycles. The van der Waals surface area contributed by atoms with Gasteiger partial charge in [-0.25, -0.2) is 4.68 Å². The third kappa shape index (κ3) is 4.79. The van der Waals surface area contributed by atoms with Crippen molar-refractivity contribution in [3.05, 3.63) is 58.1 Å². The van der Waals surface area contributed by atoms with E-state index in [0.717, 1.165) is 11.3 Å². The van der Waals surface area contributed by atoms with Gasteiger partial charge in [-0.1, -0.05) is 60.9 Å². The van der Waals surface area contributed by atoms with Crippen LogP contribution in [0, 0.1) is 0 Å². The maximum atomic E-state index is 12.3. The molecule has 28 heavy (non-hydrogen) atoms. The summed E-state index contributed by atoms with van der Waals surface area (Å²) in [5.74, 6) is 6.86. The number of rotatable bonds is 6. The Morgan fingerprint density at radius 3 is 2.71 bits per heavy atom. The molecule has 0 spiro atoms. The zero-order valence-corrected chi connectivity index (χ0v) is 17.6. The Hall–Kier alpha value is -2.22. The van der Waals surface area contributed by atoms with E-state index in [9.17, 15) is 4.79 Å². The molecule has 1 heterocycles. The van der Waals surface area contributed by atoms with Crippen LogP contribution < -0.4 is 11.2 Å². The van der Waals surface area contributed by atoms with Crippen LogP contribution in [0.15, 0.2) is 47.6 Å². The van der Waals surface area contributed by atoms with Gasteiger partial charge < -0.3 is 11.2 Å². The van der Waals surface area contributed by atoms with E-state index in [1.165, 1.54) is 16.4 Å². The first kappa shape index (κ1) is 20.5. The van der Waals surface area contributed by atoms with Crippen molar-refractivity contribution in [1.82, 2.24) is 14.9 Å². The number of thioether (sulfide) groups is 1. The minimum Gasteiger partial charge on any atom is -0.335 e. The molecule has 0 saturated carbocycles. The number of carbonyl (C=O) groups is 1. The van der Waals surface area contributed by atoms with Gasteiger partial charge >= 0.3 is 0 Å². The van der Waals surface area contributed by atoms with Crippen LogP contribution in [-0.4, -0.2) is 26.5 Å². The van der Waals surface area contributed by atoms with Crippen LogP contribution >= 0.6 is 35.0 Å². The Bertz CT molecular complexity index is 1010. The lowest BCUT2D eigenvalue weighted by atomic mass is 10.0. The minimum absolute atomic E-state index is 0.148. The fraction of sp³-hybridized carbons (Fsp3) is 0.211. The Morgan fingerprint density at radius 1 is 1.21 bits per heavy atom. The summed E-state index contributed by atoms with van der Waals surface area (Å²) < 4.78 is 1.31. The van der Waals surface area contributed by atoms with E-state index in [0.29, 0.717) is 32.5 Å².